The molecule has 2 rings (SSSR count). The van der Waals surface area contributed by atoms with Gasteiger partial charge in [0.25, 0.3) is 0 Å². The van der Waals surface area contributed by atoms with Crippen LogP contribution in [0.15, 0.2) is 30.3 Å². The number of amides is 1. The van der Waals surface area contributed by atoms with Crippen LogP contribution in [-0.4, -0.2) is 10.9 Å². The number of anilines is 1. The van der Waals surface area contributed by atoms with Gasteiger partial charge in [0.1, 0.15) is 0 Å². The van der Waals surface area contributed by atoms with E-state index in [2.05, 4.69) is 11.1 Å². The molecule has 0 saturated carbocycles. The van der Waals surface area contributed by atoms with Gasteiger partial charge < -0.3 is 21.2 Å². The Bertz CT molecular complexity index is 567. The molecule has 0 spiro atoms. The molecule has 0 atom stereocenters. The SMILES string of the molecule is Cc1ccc(-c2c[c-]c(C(N)=O)c(N)n2)cc1.[Y]. The summed E-state index contributed by atoms with van der Waals surface area (Å²) in [4.78, 5) is 15.1. The van der Waals surface area contributed by atoms with Crippen molar-refractivity contribution >= 4 is 11.7 Å². The number of nitrogens with two attached hydrogens (primary N) is 2. The molecule has 1 heterocycles. The molecular weight excluding hydrogens is 303 g/mol. The first-order valence-electron chi connectivity index (χ1n) is 5.13. The number of hydrogen-bond acceptors (Lipinski definition) is 3. The van der Waals surface area contributed by atoms with Crippen LogP contribution in [0.5, 0.6) is 0 Å². The van der Waals surface area contributed by atoms with Gasteiger partial charge in [-0.05, 0) is 23.7 Å². The summed E-state index contributed by atoms with van der Waals surface area (Å²) < 4.78 is 0. The molecule has 0 unspecified atom stereocenters. The van der Waals surface area contributed by atoms with E-state index < -0.39 is 5.91 Å². The minimum absolute atomic E-state index is 0. The van der Waals surface area contributed by atoms with Gasteiger partial charge in [-0.15, -0.1) is 12.1 Å². The minimum atomic E-state index is -0.620. The Hall–Kier alpha value is -1.26. The number of hydrogen-bond donors (Lipinski definition) is 2. The van der Waals surface area contributed by atoms with E-state index in [0.717, 1.165) is 5.56 Å². The van der Waals surface area contributed by atoms with E-state index in [0.29, 0.717) is 5.69 Å². The Morgan fingerprint density at radius 1 is 1.28 bits per heavy atom. The monoisotopic (exact) mass is 315 g/mol. The number of benzene rings is 1. The second-order valence-electron chi connectivity index (χ2n) is 3.78. The third-order valence-electron chi connectivity index (χ3n) is 2.44. The molecule has 1 aromatic heterocycles. The fourth-order valence-corrected chi connectivity index (χ4v) is 1.50. The predicted octanol–water partition coefficient (Wildman–Crippen LogP) is 1.54. The first-order valence-corrected chi connectivity index (χ1v) is 5.13. The number of aryl methyl sites for hydroxylation is 1. The zero-order valence-electron chi connectivity index (χ0n) is 9.97. The second-order valence-corrected chi connectivity index (χ2v) is 3.78. The largest absolute Gasteiger partial charge is 0.422 e. The zero-order valence-corrected chi connectivity index (χ0v) is 12.8. The number of aromatic nitrogens is 1. The number of nitrogen functional groups attached to an aromatic ring is 1. The third-order valence-corrected chi connectivity index (χ3v) is 2.44. The molecule has 4 nitrogen and oxygen atoms in total. The third kappa shape index (κ3) is 3.15. The van der Waals surface area contributed by atoms with E-state index in [-0.39, 0.29) is 44.1 Å². The molecule has 0 aliphatic carbocycles. The van der Waals surface area contributed by atoms with Crippen molar-refractivity contribution in [1.82, 2.24) is 4.98 Å². The molecule has 4 N–H and O–H groups in total. The maximum Gasteiger partial charge on any atom is 0.166 e. The number of carbonyl (C=O) groups is 1. The van der Waals surface area contributed by atoms with Crippen LogP contribution < -0.4 is 11.5 Å². The van der Waals surface area contributed by atoms with Gasteiger partial charge in [-0.2, -0.15) is 0 Å². The van der Waals surface area contributed by atoms with Crippen molar-refractivity contribution in [2.45, 2.75) is 6.92 Å². The van der Waals surface area contributed by atoms with Crippen molar-refractivity contribution in [3.8, 4) is 11.3 Å². The van der Waals surface area contributed by atoms with Crippen molar-refractivity contribution in [1.29, 1.82) is 0 Å². The van der Waals surface area contributed by atoms with Crippen molar-refractivity contribution < 1.29 is 37.5 Å². The van der Waals surface area contributed by atoms with Crippen molar-refractivity contribution in [2.75, 3.05) is 5.73 Å². The van der Waals surface area contributed by atoms with Crippen molar-refractivity contribution in [3.05, 3.63) is 47.5 Å². The van der Waals surface area contributed by atoms with E-state index in [1.807, 2.05) is 31.2 Å². The summed E-state index contributed by atoms with van der Waals surface area (Å²) in [7, 11) is 0. The average Bonchev–Trinajstić information content (AvgIpc) is 2.29. The molecule has 1 amide bonds. The van der Waals surface area contributed by atoms with Crippen LogP contribution in [0.25, 0.3) is 11.3 Å². The molecule has 2 aromatic rings. The summed E-state index contributed by atoms with van der Waals surface area (Å²) in [5, 5.41) is 0. The predicted molar refractivity (Wildman–Crippen MR) is 66.2 cm³/mol. The first-order chi connectivity index (χ1) is 8.08. The van der Waals surface area contributed by atoms with Gasteiger partial charge in [0, 0.05) is 38.5 Å². The van der Waals surface area contributed by atoms with Crippen LogP contribution in [0, 0.1) is 13.0 Å². The fraction of sp³-hybridized carbons (Fsp3) is 0.0769. The van der Waals surface area contributed by atoms with Crippen LogP contribution in [0.4, 0.5) is 5.82 Å². The molecular formula is C13H12N3OY-. The van der Waals surface area contributed by atoms with Crippen LogP contribution in [0.2, 0.25) is 0 Å². The normalized spacial score (nSPS) is 9.61. The summed E-state index contributed by atoms with van der Waals surface area (Å²) in [5.41, 5.74) is 13.7. The summed E-state index contributed by atoms with van der Waals surface area (Å²) in [6.45, 7) is 2.01. The Morgan fingerprint density at radius 2 is 1.89 bits per heavy atom. The molecule has 0 aliphatic heterocycles. The van der Waals surface area contributed by atoms with Crippen LogP contribution >= 0.6 is 0 Å². The standard InChI is InChI=1S/C13H12N3O.Y/c1-8-2-4-9(5-3-8)11-7-6-10(13(15)17)12(14)16-11;/h2-5,7H,1H3,(H2,14,16)(H2,15,17);/q-1;. The molecule has 0 bridgehead atoms. The number of nitrogens with zero attached hydrogens (tertiary/aromatic N) is 1. The number of rotatable bonds is 2. The Balaban J connectivity index is 0.00000162. The summed E-state index contributed by atoms with van der Waals surface area (Å²) >= 11 is 0. The minimum Gasteiger partial charge on any atom is -0.422 e. The molecule has 1 radical (unpaired) electrons. The Labute approximate surface area is 131 Å². The van der Waals surface area contributed by atoms with Gasteiger partial charge in [-0.1, -0.05) is 29.8 Å². The van der Waals surface area contributed by atoms with Gasteiger partial charge in [0.2, 0.25) is 0 Å². The Kier molecular flexibility index (Phi) is 4.99. The summed E-state index contributed by atoms with van der Waals surface area (Å²) in [6.07, 6.45) is 0. The van der Waals surface area contributed by atoms with E-state index in [1.165, 1.54) is 5.56 Å². The fourth-order valence-electron chi connectivity index (χ4n) is 1.50. The summed E-state index contributed by atoms with van der Waals surface area (Å²) in [5.74, 6) is -0.513. The van der Waals surface area contributed by atoms with Crippen molar-refractivity contribution in [3.63, 3.8) is 0 Å². The van der Waals surface area contributed by atoms with Crippen LogP contribution in [0.3, 0.4) is 0 Å². The van der Waals surface area contributed by atoms with Gasteiger partial charge in [-0.25, -0.2) is 0 Å². The topological polar surface area (TPSA) is 82.0 Å². The van der Waals surface area contributed by atoms with E-state index in [9.17, 15) is 4.79 Å². The quantitative estimate of drug-likeness (QED) is 0.825. The van der Waals surface area contributed by atoms with E-state index >= 15 is 0 Å². The summed E-state index contributed by atoms with van der Waals surface area (Å²) in [6, 6.07) is 12.2. The molecule has 89 valence electrons. The van der Waals surface area contributed by atoms with Gasteiger partial charge >= 0.3 is 0 Å². The maximum atomic E-state index is 11.0. The molecule has 0 fully saturated rings. The zero-order chi connectivity index (χ0) is 12.4. The molecule has 0 aliphatic rings. The van der Waals surface area contributed by atoms with Gasteiger partial charge in [0.05, 0.1) is 0 Å². The maximum absolute atomic E-state index is 11.0. The van der Waals surface area contributed by atoms with E-state index in [1.54, 1.807) is 6.07 Å². The second kappa shape index (κ2) is 6.07. The molecule has 18 heavy (non-hydrogen) atoms. The average molecular weight is 315 g/mol. The van der Waals surface area contributed by atoms with Crippen LogP contribution in [0.1, 0.15) is 15.9 Å². The van der Waals surface area contributed by atoms with Crippen molar-refractivity contribution in [2.24, 2.45) is 5.73 Å². The number of pyridine rings is 1. The van der Waals surface area contributed by atoms with Gasteiger partial charge in [-0.3, -0.25) is 0 Å². The van der Waals surface area contributed by atoms with Crippen LogP contribution in [-0.2, 0) is 32.7 Å². The van der Waals surface area contributed by atoms with E-state index in [4.69, 9.17) is 11.5 Å². The molecule has 1 aromatic carbocycles. The number of primary amides is 1. The Morgan fingerprint density at radius 3 is 2.39 bits per heavy atom. The molecule has 0 saturated heterocycles. The smallest absolute Gasteiger partial charge is 0.166 e. The van der Waals surface area contributed by atoms with Gasteiger partial charge in [0.15, 0.2) is 5.91 Å². The molecule has 5 heteroatoms. The first kappa shape index (κ1) is 14.8. The number of carbonyl (C=O) groups excluding carboxylic acids is 1.